The van der Waals surface area contributed by atoms with Crippen molar-refractivity contribution in [2.45, 2.75) is 12.5 Å². The van der Waals surface area contributed by atoms with Gasteiger partial charge in [0.2, 0.25) is 0 Å². The molecular weight excluding hydrogens is 370 g/mol. The largest absolute Gasteiger partial charge is 0.497 e. The van der Waals surface area contributed by atoms with E-state index in [-0.39, 0.29) is 0 Å². The third-order valence-corrected chi connectivity index (χ3v) is 5.44. The number of hydrogen-bond acceptors (Lipinski definition) is 3. The van der Waals surface area contributed by atoms with Crippen LogP contribution in [0, 0.1) is 0 Å². The van der Waals surface area contributed by atoms with Gasteiger partial charge in [0.1, 0.15) is 24.9 Å². The molecule has 0 unspecified atom stereocenters. The molecule has 0 bridgehead atoms. The van der Waals surface area contributed by atoms with Crippen LogP contribution in [0.2, 0.25) is 0 Å². The Morgan fingerprint density at radius 2 is 1.79 bits per heavy atom. The Hall–Kier alpha value is -2.15. The van der Waals surface area contributed by atoms with E-state index in [2.05, 4.69) is 47.0 Å². The molecule has 2 aromatic carbocycles. The van der Waals surface area contributed by atoms with Gasteiger partial charge in [0, 0.05) is 12.1 Å². The Morgan fingerprint density at radius 1 is 1.07 bits per heavy atom. The number of hydrogen-bond donors (Lipinski definition) is 3. The van der Waals surface area contributed by atoms with Crippen LogP contribution in [0.25, 0.3) is 0 Å². The molecule has 5 nitrogen and oxygen atoms in total. The van der Waals surface area contributed by atoms with E-state index < -0.39 is 0 Å². The number of quaternary nitrogens is 1. The zero-order valence-electron chi connectivity index (χ0n) is 16.4. The maximum absolute atomic E-state index is 5.54. The number of methoxy groups -OCH3 is 1. The first-order chi connectivity index (χ1) is 13.8. The quantitative estimate of drug-likeness (QED) is 0.584. The molecule has 1 aliphatic heterocycles. The van der Waals surface area contributed by atoms with Crippen molar-refractivity contribution in [2.75, 3.05) is 46.5 Å². The average molecular weight is 401 g/mol. The fraction of sp³-hybridized carbons (Fsp3) is 0.409. The normalized spacial score (nSPS) is 15.6. The summed E-state index contributed by atoms with van der Waals surface area (Å²) in [6.45, 7) is 5.25. The van der Waals surface area contributed by atoms with Crippen LogP contribution in [0.15, 0.2) is 54.6 Å². The monoisotopic (exact) mass is 400 g/mol. The van der Waals surface area contributed by atoms with Gasteiger partial charge in [0.15, 0.2) is 5.11 Å². The predicted octanol–water partition coefficient (Wildman–Crippen LogP) is 1.36. The minimum absolute atomic E-state index is 0.323. The van der Waals surface area contributed by atoms with Gasteiger partial charge in [-0.15, -0.1) is 0 Å². The highest BCUT2D eigenvalue weighted by molar-refractivity contribution is 7.80. The van der Waals surface area contributed by atoms with Gasteiger partial charge in [-0.05, 0) is 48.5 Å². The van der Waals surface area contributed by atoms with E-state index in [9.17, 15) is 0 Å². The van der Waals surface area contributed by atoms with Crippen LogP contribution in [0.4, 0.5) is 0 Å². The topological polar surface area (TPSA) is 47.0 Å². The zero-order chi connectivity index (χ0) is 19.6. The van der Waals surface area contributed by atoms with Gasteiger partial charge >= 0.3 is 0 Å². The third-order valence-electron chi connectivity index (χ3n) is 5.15. The molecule has 0 radical (unpaired) electrons. The Bertz CT molecular complexity index is 718. The van der Waals surface area contributed by atoms with E-state index in [0.717, 1.165) is 51.6 Å². The Kier molecular flexibility index (Phi) is 8.08. The first-order valence-corrected chi connectivity index (χ1v) is 10.3. The van der Waals surface area contributed by atoms with Crippen LogP contribution in [-0.2, 0) is 11.2 Å². The van der Waals surface area contributed by atoms with Gasteiger partial charge in [0.05, 0.1) is 26.9 Å². The maximum atomic E-state index is 5.54. The van der Waals surface area contributed by atoms with Crippen molar-refractivity contribution in [3.05, 3.63) is 65.7 Å². The smallest absolute Gasteiger partial charge is 0.166 e. The maximum Gasteiger partial charge on any atom is 0.166 e. The van der Waals surface area contributed by atoms with Crippen molar-refractivity contribution in [1.29, 1.82) is 0 Å². The molecular formula is C22H30N3O2S+. The summed E-state index contributed by atoms with van der Waals surface area (Å²) in [7, 11) is 1.70. The first kappa shape index (κ1) is 20.6. The van der Waals surface area contributed by atoms with Crippen molar-refractivity contribution < 1.29 is 14.4 Å². The molecule has 1 aliphatic rings. The molecule has 3 rings (SSSR count). The second-order valence-electron chi connectivity index (χ2n) is 6.97. The number of thiocarbonyl (C=S) groups is 1. The standard InChI is InChI=1S/C22H29N3O2S/c1-26-20-9-7-19(8-10-20)21(25-13-15-27-16-14-25)17-24-22(28)23-12-11-18-5-3-2-4-6-18/h2-10,21H,11-17H2,1H3,(H2,23,24,28)/p+1/t21-/m0/s1. The lowest BCUT2D eigenvalue weighted by molar-refractivity contribution is -0.937. The summed E-state index contributed by atoms with van der Waals surface area (Å²) in [4.78, 5) is 1.52. The van der Waals surface area contributed by atoms with Crippen LogP contribution in [-0.4, -0.2) is 51.6 Å². The number of benzene rings is 2. The molecule has 0 amide bonds. The first-order valence-electron chi connectivity index (χ1n) is 9.88. The van der Waals surface area contributed by atoms with Crippen LogP contribution >= 0.6 is 12.2 Å². The summed E-state index contributed by atoms with van der Waals surface area (Å²) in [5.41, 5.74) is 2.60. The third kappa shape index (κ3) is 6.19. The van der Waals surface area contributed by atoms with Gasteiger partial charge in [-0.2, -0.15) is 0 Å². The summed E-state index contributed by atoms with van der Waals surface area (Å²) < 4.78 is 10.8. The summed E-state index contributed by atoms with van der Waals surface area (Å²) >= 11 is 5.50. The minimum atomic E-state index is 0.323. The van der Waals surface area contributed by atoms with Crippen molar-refractivity contribution in [1.82, 2.24) is 10.6 Å². The average Bonchev–Trinajstić information content (AvgIpc) is 2.76. The van der Waals surface area contributed by atoms with E-state index >= 15 is 0 Å². The Balaban J connectivity index is 1.53. The van der Waals surface area contributed by atoms with Crippen LogP contribution < -0.4 is 20.3 Å². The van der Waals surface area contributed by atoms with Gasteiger partial charge in [0.25, 0.3) is 0 Å². The summed E-state index contributed by atoms with van der Waals surface area (Å²) in [5, 5.41) is 7.46. The lowest BCUT2D eigenvalue weighted by Crippen LogP contribution is -3.15. The lowest BCUT2D eigenvalue weighted by Gasteiger charge is -2.32. The molecule has 3 N–H and O–H groups in total. The molecule has 0 aliphatic carbocycles. The highest BCUT2D eigenvalue weighted by atomic mass is 32.1. The van der Waals surface area contributed by atoms with Gasteiger partial charge < -0.3 is 25.0 Å². The van der Waals surface area contributed by atoms with Gasteiger partial charge in [-0.1, -0.05) is 30.3 Å². The number of rotatable bonds is 8. The van der Waals surface area contributed by atoms with Crippen molar-refractivity contribution >= 4 is 17.3 Å². The van der Waals surface area contributed by atoms with Crippen molar-refractivity contribution in [3.8, 4) is 5.75 Å². The summed E-state index contributed by atoms with van der Waals surface area (Å²) in [6, 6.07) is 19.1. The van der Waals surface area contributed by atoms with Crippen LogP contribution in [0.1, 0.15) is 17.2 Å². The zero-order valence-corrected chi connectivity index (χ0v) is 17.3. The molecule has 2 aromatic rings. The van der Waals surface area contributed by atoms with E-state index in [1.165, 1.54) is 16.0 Å². The highest BCUT2D eigenvalue weighted by Crippen LogP contribution is 2.16. The van der Waals surface area contributed by atoms with E-state index in [4.69, 9.17) is 21.7 Å². The van der Waals surface area contributed by atoms with Gasteiger partial charge in [-0.25, -0.2) is 0 Å². The Morgan fingerprint density at radius 3 is 2.46 bits per heavy atom. The highest BCUT2D eigenvalue weighted by Gasteiger charge is 2.26. The molecule has 0 saturated carbocycles. The molecule has 150 valence electrons. The summed E-state index contributed by atoms with van der Waals surface area (Å²) in [6.07, 6.45) is 0.958. The lowest BCUT2D eigenvalue weighted by atomic mass is 10.0. The summed E-state index contributed by atoms with van der Waals surface area (Å²) in [5.74, 6) is 0.880. The van der Waals surface area contributed by atoms with Crippen LogP contribution in [0.3, 0.4) is 0 Å². The number of morpholine rings is 1. The van der Waals surface area contributed by atoms with Crippen molar-refractivity contribution in [3.63, 3.8) is 0 Å². The fourth-order valence-electron chi connectivity index (χ4n) is 3.54. The van der Waals surface area contributed by atoms with Gasteiger partial charge in [-0.3, -0.25) is 0 Å². The number of ether oxygens (including phenoxy) is 2. The molecule has 0 aromatic heterocycles. The molecule has 1 heterocycles. The number of nitrogens with one attached hydrogen (secondary N) is 3. The molecule has 1 fully saturated rings. The minimum Gasteiger partial charge on any atom is -0.497 e. The second kappa shape index (κ2) is 11.0. The SMILES string of the molecule is COc1ccc([C@H](CNC(=S)NCCc2ccccc2)[NH+]2CCOCC2)cc1. The molecule has 6 heteroatoms. The Labute approximate surface area is 173 Å². The molecule has 1 saturated heterocycles. The fourth-order valence-corrected chi connectivity index (χ4v) is 3.72. The van der Waals surface area contributed by atoms with E-state index in [1.54, 1.807) is 7.11 Å². The molecule has 1 atom stereocenters. The second-order valence-corrected chi connectivity index (χ2v) is 7.38. The molecule has 0 spiro atoms. The van der Waals surface area contributed by atoms with E-state index in [1.807, 2.05) is 18.2 Å². The molecule has 28 heavy (non-hydrogen) atoms. The van der Waals surface area contributed by atoms with Crippen molar-refractivity contribution in [2.24, 2.45) is 0 Å². The predicted molar refractivity (Wildman–Crippen MR) is 116 cm³/mol. The van der Waals surface area contributed by atoms with E-state index in [0.29, 0.717) is 11.2 Å². The van der Waals surface area contributed by atoms with Crippen LogP contribution in [0.5, 0.6) is 5.75 Å².